The standard InChI is InChI=1S/C15H16N4/c1-11-6-7-17-8-12(11)13(16)9-19-10-18-14-4-2-3-5-15(14)19/h2-8,10,13H,9,16H2,1H3. The van der Waals surface area contributed by atoms with Gasteiger partial charge in [0.05, 0.1) is 17.4 Å². The van der Waals surface area contributed by atoms with Crippen LogP contribution in [-0.4, -0.2) is 14.5 Å². The number of aryl methyl sites for hydroxylation is 1. The Kier molecular flexibility index (Phi) is 3.01. The van der Waals surface area contributed by atoms with Crippen LogP contribution in [-0.2, 0) is 6.54 Å². The Morgan fingerprint density at radius 1 is 1.26 bits per heavy atom. The smallest absolute Gasteiger partial charge is 0.0958 e. The van der Waals surface area contributed by atoms with E-state index in [2.05, 4.69) is 27.5 Å². The monoisotopic (exact) mass is 252 g/mol. The van der Waals surface area contributed by atoms with E-state index < -0.39 is 0 Å². The number of fused-ring (bicyclic) bond motifs is 1. The summed E-state index contributed by atoms with van der Waals surface area (Å²) in [5, 5.41) is 0. The number of hydrogen-bond donors (Lipinski definition) is 1. The molecule has 3 rings (SSSR count). The molecule has 96 valence electrons. The fourth-order valence-electron chi connectivity index (χ4n) is 2.33. The number of nitrogens with zero attached hydrogens (tertiary/aromatic N) is 3. The topological polar surface area (TPSA) is 56.7 Å². The number of benzene rings is 1. The molecular formula is C15H16N4. The van der Waals surface area contributed by atoms with Crippen molar-refractivity contribution in [1.29, 1.82) is 0 Å². The van der Waals surface area contributed by atoms with Crippen molar-refractivity contribution >= 4 is 11.0 Å². The molecule has 0 fully saturated rings. The highest BCUT2D eigenvalue weighted by molar-refractivity contribution is 5.74. The van der Waals surface area contributed by atoms with Crippen molar-refractivity contribution < 1.29 is 0 Å². The zero-order valence-corrected chi connectivity index (χ0v) is 10.8. The molecular weight excluding hydrogens is 236 g/mol. The van der Waals surface area contributed by atoms with Gasteiger partial charge in [-0.05, 0) is 36.2 Å². The number of nitrogens with two attached hydrogens (primary N) is 1. The predicted molar refractivity (Wildman–Crippen MR) is 75.6 cm³/mol. The Balaban J connectivity index is 1.91. The summed E-state index contributed by atoms with van der Waals surface area (Å²) in [4.78, 5) is 8.53. The maximum Gasteiger partial charge on any atom is 0.0958 e. The van der Waals surface area contributed by atoms with Gasteiger partial charge in [-0.25, -0.2) is 4.98 Å². The van der Waals surface area contributed by atoms with Crippen LogP contribution in [0.1, 0.15) is 17.2 Å². The molecule has 4 nitrogen and oxygen atoms in total. The maximum atomic E-state index is 6.29. The van der Waals surface area contributed by atoms with Crippen molar-refractivity contribution in [2.24, 2.45) is 5.73 Å². The van der Waals surface area contributed by atoms with E-state index in [9.17, 15) is 0 Å². The lowest BCUT2D eigenvalue weighted by Gasteiger charge is -2.15. The fraction of sp³-hybridized carbons (Fsp3) is 0.200. The van der Waals surface area contributed by atoms with E-state index >= 15 is 0 Å². The van der Waals surface area contributed by atoms with Gasteiger partial charge in [-0.2, -0.15) is 0 Å². The van der Waals surface area contributed by atoms with E-state index in [0.29, 0.717) is 6.54 Å². The van der Waals surface area contributed by atoms with Crippen LogP contribution in [0.25, 0.3) is 11.0 Å². The van der Waals surface area contributed by atoms with Crippen molar-refractivity contribution in [3.63, 3.8) is 0 Å². The number of aromatic nitrogens is 3. The van der Waals surface area contributed by atoms with Crippen LogP contribution in [0.5, 0.6) is 0 Å². The third-order valence-electron chi connectivity index (χ3n) is 3.40. The minimum atomic E-state index is -0.0775. The van der Waals surface area contributed by atoms with E-state index in [1.165, 1.54) is 5.56 Å². The van der Waals surface area contributed by atoms with Gasteiger partial charge in [-0.1, -0.05) is 12.1 Å². The molecule has 0 bridgehead atoms. The second-order valence-corrected chi connectivity index (χ2v) is 4.72. The quantitative estimate of drug-likeness (QED) is 0.779. The Hall–Kier alpha value is -2.20. The Morgan fingerprint density at radius 3 is 2.95 bits per heavy atom. The first kappa shape index (κ1) is 11.9. The summed E-state index contributed by atoms with van der Waals surface area (Å²) in [6.07, 6.45) is 5.48. The summed E-state index contributed by atoms with van der Waals surface area (Å²) in [6.45, 7) is 2.76. The molecule has 0 amide bonds. The summed E-state index contributed by atoms with van der Waals surface area (Å²) in [7, 11) is 0. The first-order valence-electron chi connectivity index (χ1n) is 6.31. The third kappa shape index (κ3) is 2.22. The van der Waals surface area contributed by atoms with Gasteiger partial charge >= 0.3 is 0 Å². The van der Waals surface area contributed by atoms with Crippen molar-refractivity contribution in [1.82, 2.24) is 14.5 Å². The molecule has 0 saturated heterocycles. The number of imidazole rings is 1. The maximum absolute atomic E-state index is 6.29. The minimum absolute atomic E-state index is 0.0775. The summed E-state index contributed by atoms with van der Waals surface area (Å²) in [6, 6.07) is 9.98. The minimum Gasteiger partial charge on any atom is -0.329 e. The van der Waals surface area contributed by atoms with Crippen LogP contribution in [0, 0.1) is 6.92 Å². The van der Waals surface area contributed by atoms with E-state index in [1.54, 1.807) is 6.20 Å². The Labute approximate surface area is 111 Å². The van der Waals surface area contributed by atoms with Gasteiger partial charge in [0.15, 0.2) is 0 Å². The highest BCUT2D eigenvalue weighted by atomic mass is 15.1. The second kappa shape index (κ2) is 4.82. The van der Waals surface area contributed by atoms with E-state index in [4.69, 9.17) is 5.73 Å². The predicted octanol–water partition coefficient (Wildman–Crippen LogP) is 2.44. The van der Waals surface area contributed by atoms with Gasteiger partial charge < -0.3 is 10.3 Å². The molecule has 1 atom stereocenters. The molecule has 0 spiro atoms. The summed E-state index contributed by atoms with van der Waals surface area (Å²) >= 11 is 0. The van der Waals surface area contributed by atoms with Gasteiger partial charge in [-0.3, -0.25) is 4.98 Å². The first-order chi connectivity index (χ1) is 9.25. The molecule has 1 aromatic carbocycles. The van der Waals surface area contributed by atoms with E-state index in [1.807, 2.05) is 36.8 Å². The lowest BCUT2D eigenvalue weighted by Crippen LogP contribution is -2.18. The largest absolute Gasteiger partial charge is 0.329 e. The van der Waals surface area contributed by atoms with Gasteiger partial charge in [0, 0.05) is 25.0 Å². The van der Waals surface area contributed by atoms with Crippen LogP contribution in [0.15, 0.2) is 49.1 Å². The summed E-state index contributed by atoms with van der Waals surface area (Å²) in [5.41, 5.74) is 10.7. The van der Waals surface area contributed by atoms with Crippen molar-refractivity contribution in [3.8, 4) is 0 Å². The molecule has 0 aliphatic rings. The van der Waals surface area contributed by atoms with Crippen LogP contribution < -0.4 is 5.73 Å². The number of pyridine rings is 1. The summed E-state index contributed by atoms with van der Waals surface area (Å²) < 4.78 is 2.09. The molecule has 2 aromatic heterocycles. The second-order valence-electron chi connectivity index (χ2n) is 4.72. The van der Waals surface area contributed by atoms with Gasteiger partial charge in [0.1, 0.15) is 0 Å². The third-order valence-corrected chi connectivity index (χ3v) is 3.40. The Morgan fingerprint density at radius 2 is 2.11 bits per heavy atom. The zero-order chi connectivity index (χ0) is 13.2. The SMILES string of the molecule is Cc1ccncc1C(N)Cn1cnc2ccccc21. The van der Waals surface area contributed by atoms with Crippen LogP contribution >= 0.6 is 0 Å². The lowest BCUT2D eigenvalue weighted by atomic mass is 10.0. The average molecular weight is 252 g/mol. The lowest BCUT2D eigenvalue weighted by molar-refractivity contribution is 0.584. The average Bonchev–Trinajstić information content (AvgIpc) is 2.83. The number of para-hydroxylation sites is 2. The van der Waals surface area contributed by atoms with Crippen molar-refractivity contribution in [2.45, 2.75) is 19.5 Å². The Bertz CT molecular complexity index is 702. The van der Waals surface area contributed by atoms with Gasteiger partial charge in [-0.15, -0.1) is 0 Å². The molecule has 2 N–H and O–H groups in total. The van der Waals surface area contributed by atoms with Gasteiger partial charge in [0.2, 0.25) is 0 Å². The fourth-order valence-corrected chi connectivity index (χ4v) is 2.33. The molecule has 3 aromatic rings. The molecule has 19 heavy (non-hydrogen) atoms. The molecule has 0 saturated carbocycles. The van der Waals surface area contributed by atoms with E-state index in [-0.39, 0.29) is 6.04 Å². The van der Waals surface area contributed by atoms with Crippen LogP contribution in [0.3, 0.4) is 0 Å². The van der Waals surface area contributed by atoms with Crippen LogP contribution in [0.2, 0.25) is 0 Å². The first-order valence-corrected chi connectivity index (χ1v) is 6.31. The van der Waals surface area contributed by atoms with Crippen molar-refractivity contribution in [3.05, 3.63) is 60.2 Å². The number of hydrogen-bond acceptors (Lipinski definition) is 3. The van der Waals surface area contributed by atoms with E-state index in [0.717, 1.165) is 16.6 Å². The van der Waals surface area contributed by atoms with Crippen molar-refractivity contribution in [2.75, 3.05) is 0 Å². The highest BCUT2D eigenvalue weighted by Gasteiger charge is 2.11. The van der Waals surface area contributed by atoms with Crippen LogP contribution in [0.4, 0.5) is 0 Å². The highest BCUT2D eigenvalue weighted by Crippen LogP contribution is 2.19. The number of rotatable bonds is 3. The van der Waals surface area contributed by atoms with Gasteiger partial charge in [0.25, 0.3) is 0 Å². The zero-order valence-electron chi connectivity index (χ0n) is 10.8. The normalized spacial score (nSPS) is 12.7. The summed E-state index contributed by atoms with van der Waals surface area (Å²) in [5.74, 6) is 0. The molecule has 0 radical (unpaired) electrons. The molecule has 0 aliphatic heterocycles. The molecule has 2 heterocycles. The molecule has 0 aliphatic carbocycles. The molecule has 4 heteroatoms. The molecule has 1 unspecified atom stereocenters.